The Morgan fingerprint density at radius 2 is 0.769 bits per heavy atom. The Morgan fingerprint density at radius 3 is 1.52 bits per heavy atom. The summed E-state index contributed by atoms with van der Waals surface area (Å²) in [5, 5.41) is 11.0. The van der Waals surface area contributed by atoms with Crippen LogP contribution in [0.4, 0.5) is 0 Å². The molecule has 3 aliphatic carbocycles. The number of pyridine rings is 2. The van der Waals surface area contributed by atoms with E-state index in [0.29, 0.717) is 11.6 Å². The molecule has 2 spiro atoms. The van der Waals surface area contributed by atoms with Crippen molar-refractivity contribution in [3.63, 3.8) is 0 Å². The lowest BCUT2D eigenvalue weighted by Crippen LogP contribution is -2.47. The number of hydrogen-bond acceptors (Lipinski definition) is 10. The molecule has 9 nitrogen and oxygen atoms in total. The van der Waals surface area contributed by atoms with Gasteiger partial charge in [-0.25, -0.2) is 29.9 Å². The zero-order valence-corrected chi connectivity index (χ0v) is 70.5. The quantitative estimate of drug-likeness (QED) is 0.131. The SMILES string of the molecule is C1=CC2Oc3ccccc3C3(c4ccccc4-c4cc5c(-c6ccc(-c7cc(-c8cccc9c8sc8ccccc89)nc(-c8ccccc8)n7)cc6)nc6cc(-c7ccc8c(c7)C7(c9ccccc9O8)c8ccccc8-c8cc9c(-c%10ccc(-c%11cc(-c%12cccc%13oc%14ccccc%14c%12%13)nc(-c%12ccccc%12)n%11)cc%10)nc%10ccccc%10c9cc87)ccc6c5cc43)C2C=C1. The standard InChI is InChI=1S/C120H70N6O3S/c1-3-25-73(26-4-1)117-123-101(67-104(125-117)83-35-24-47-111-113(83)85-33-10-18-43-106(85)127-111)69-49-53-71(54-50-69)114-90-64-89-78-30-8-13-38-93(78)120(98(89)65-86(90)79-31-9-17-42-100(79)121-114)96-41-16-21-46-109(96)129-110-60-58-75(61-99(110)120)76-57-59-80-87-66-97-88(77-29-7-12-37-92(77)119(97)94-39-14-19-44-107(94)128-108-45-20-15-40-95(108)119)63-91(87)115(122-103(80)62-76)72-55-51-70(52-56-72)102-68-105(126-118(124-102)74-27-5-2-6-28-74)84-36-23-34-82-81-32-11-22-48-112(81)130-116(82)84/h1-68,94,107H. The largest absolute Gasteiger partial charge is 0.485 e. The normalized spacial score (nSPS) is 16.4. The van der Waals surface area contributed by atoms with Crippen LogP contribution in [0.5, 0.6) is 17.2 Å². The molecule has 0 saturated heterocycles. The molecule has 10 heteroatoms. The second kappa shape index (κ2) is 27.9. The van der Waals surface area contributed by atoms with E-state index in [1.54, 1.807) is 0 Å². The number of fused-ring (bicyclic) bond motifs is 30. The molecule has 28 rings (SSSR count). The second-order valence-corrected chi connectivity index (χ2v) is 35.8. The number of aromatic nitrogens is 6. The minimum absolute atomic E-state index is 0.0408. The Hall–Kier alpha value is -16.7. The molecule has 0 bridgehead atoms. The molecule has 0 fully saturated rings. The number of ether oxygens (including phenoxy) is 2. The second-order valence-electron chi connectivity index (χ2n) is 34.8. The molecule has 2 aliphatic heterocycles. The Kier molecular flexibility index (Phi) is 15.6. The van der Waals surface area contributed by atoms with Crippen LogP contribution in [0.15, 0.2) is 417 Å². The molecule has 130 heavy (non-hydrogen) atoms. The summed E-state index contributed by atoms with van der Waals surface area (Å²) in [5.41, 5.74) is 29.9. The van der Waals surface area contributed by atoms with Gasteiger partial charge in [-0.2, -0.15) is 0 Å². The Balaban J connectivity index is 0.610. The third-order valence-electron chi connectivity index (χ3n) is 28.0. The third-order valence-corrected chi connectivity index (χ3v) is 29.3. The van der Waals surface area contributed by atoms with Gasteiger partial charge in [0.1, 0.15) is 34.5 Å². The van der Waals surface area contributed by atoms with Crippen LogP contribution in [0.1, 0.15) is 38.9 Å². The van der Waals surface area contributed by atoms with Crippen molar-refractivity contribution in [3.8, 4) is 141 Å². The molecule has 604 valence electrons. The molecule has 6 aromatic heterocycles. The van der Waals surface area contributed by atoms with Crippen LogP contribution in [0, 0.1) is 5.92 Å². The first-order valence-electron chi connectivity index (χ1n) is 44.3. The van der Waals surface area contributed by atoms with Gasteiger partial charge >= 0.3 is 0 Å². The molecule has 0 saturated carbocycles. The van der Waals surface area contributed by atoms with Gasteiger partial charge in [-0.3, -0.25) is 0 Å². The van der Waals surface area contributed by atoms with Gasteiger partial charge in [0.25, 0.3) is 0 Å². The lowest BCUT2D eigenvalue weighted by atomic mass is 9.60. The van der Waals surface area contributed by atoms with Crippen LogP contribution in [0.25, 0.3) is 209 Å². The van der Waals surface area contributed by atoms with E-state index in [0.717, 1.165) is 195 Å². The van der Waals surface area contributed by atoms with Gasteiger partial charge < -0.3 is 13.9 Å². The molecular weight excluding hydrogens is 1610 g/mol. The molecule has 5 aliphatic rings. The van der Waals surface area contributed by atoms with E-state index in [9.17, 15) is 0 Å². The highest BCUT2D eigenvalue weighted by molar-refractivity contribution is 7.26. The maximum absolute atomic E-state index is 7.25. The van der Waals surface area contributed by atoms with Gasteiger partial charge in [0, 0.05) is 120 Å². The fourth-order valence-electron chi connectivity index (χ4n) is 22.3. The topological polar surface area (TPSA) is 109 Å². The summed E-state index contributed by atoms with van der Waals surface area (Å²) in [6.07, 6.45) is 8.78. The highest BCUT2D eigenvalue weighted by atomic mass is 32.1. The van der Waals surface area contributed by atoms with Crippen molar-refractivity contribution < 1.29 is 13.9 Å². The molecule has 23 aromatic rings. The van der Waals surface area contributed by atoms with Crippen molar-refractivity contribution in [1.82, 2.24) is 29.9 Å². The van der Waals surface area contributed by atoms with E-state index in [2.05, 4.69) is 364 Å². The van der Waals surface area contributed by atoms with Crippen molar-refractivity contribution in [2.75, 3.05) is 0 Å². The van der Waals surface area contributed by atoms with E-state index < -0.39 is 10.8 Å². The van der Waals surface area contributed by atoms with E-state index in [1.165, 1.54) is 59.1 Å². The number of benzene rings is 17. The van der Waals surface area contributed by atoms with Gasteiger partial charge in [0.05, 0.1) is 56.0 Å². The number of hydrogen-bond donors (Lipinski definition) is 0. The van der Waals surface area contributed by atoms with Crippen LogP contribution >= 0.6 is 11.3 Å². The summed E-state index contributed by atoms with van der Waals surface area (Å²) in [6, 6.07) is 140. The number of nitrogens with zero attached hydrogens (tertiary/aromatic N) is 6. The van der Waals surface area contributed by atoms with Crippen LogP contribution in [-0.2, 0) is 10.8 Å². The van der Waals surface area contributed by atoms with Gasteiger partial charge in [-0.05, 0) is 163 Å². The molecule has 17 aromatic carbocycles. The smallest absolute Gasteiger partial charge is 0.160 e. The average molecular weight is 1680 g/mol. The van der Waals surface area contributed by atoms with E-state index >= 15 is 0 Å². The number of furan rings is 1. The molecule has 4 unspecified atom stereocenters. The number of allylic oxidation sites excluding steroid dienone is 2. The van der Waals surface area contributed by atoms with Crippen molar-refractivity contribution in [2.24, 2.45) is 5.92 Å². The number of para-hydroxylation sites is 4. The average Bonchev–Trinajstić information content (AvgIpc) is 1.41. The van der Waals surface area contributed by atoms with Crippen LogP contribution < -0.4 is 9.47 Å². The zero-order chi connectivity index (χ0) is 85.0. The first-order valence-corrected chi connectivity index (χ1v) is 45.1. The predicted octanol–water partition coefficient (Wildman–Crippen LogP) is 30.2. The Morgan fingerprint density at radius 1 is 0.262 bits per heavy atom. The molecule has 4 atom stereocenters. The number of thiophene rings is 1. The fraction of sp³-hybridized carbons (Fsp3) is 0.0333. The maximum atomic E-state index is 7.25. The highest BCUT2D eigenvalue weighted by Gasteiger charge is 2.57. The minimum Gasteiger partial charge on any atom is -0.485 e. The van der Waals surface area contributed by atoms with Crippen molar-refractivity contribution >= 4 is 96.8 Å². The summed E-state index contributed by atoms with van der Waals surface area (Å²) < 4.78 is 23.1. The lowest BCUT2D eigenvalue weighted by Gasteiger charge is -2.47. The lowest BCUT2D eigenvalue weighted by molar-refractivity contribution is 0.141. The van der Waals surface area contributed by atoms with E-state index in [4.69, 9.17) is 43.8 Å². The van der Waals surface area contributed by atoms with E-state index in [1.807, 2.05) is 59.9 Å². The van der Waals surface area contributed by atoms with Gasteiger partial charge in [0.15, 0.2) is 11.6 Å². The summed E-state index contributed by atoms with van der Waals surface area (Å²) in [4.78, 5) is 33.0. The highest BCUT2D eigenvalue weighted by Crippen LogP contribution is 2.66. The summed E-state index contributed by atoms with van der Waals surface area (Å²) in [6.45, 7) is 0. The van der Waals surface area contributed by atoms with Gasteiger partial charge in [0.2, 0.25) is 0 Å². The van der Waals surface area contributed by atoms with Crippen molar-refractivity contribution in [3.05, 3.63) is 451 Å². The molecule has 0 radical (unpaired) electrons. The summed E-state index contributed by atoms with van der Waals surface area (Å²) in [5.74, 6) is 3.79. The maximum Gasteiger partial charge on any atom is 0.160 e. The first-order chi connectivity index (χ1) is 64.4. The molecule has 0 amide bonds. The first kappa shape index (κ1) is 72.6. The third kappa shape index (κ3) is 10.6. The number of rotatable bonds is 9. The van der Waals surface area contributed by atoms with Crippen molar-refractivity contribution in [1.29, 1.82) is 0 Å². The van der Waals surface area contributed by atoms with Crippen LogP contribution in [-0.4, -0.2) is 36.0 Å². The minimum atomic E-state index is -0.842. The Labute approximate surface area is 750 Å². The fourth-order valence-corrected chi connectivity index (χ4v) is 23.6. The Bertz CT molecular complexity index is 8900. The zero-order valence-electron chi connectivity index (χ0n) is 69.7. The molecule has 0 N–H and O–H groups in total. The predicted molar refractivity (Wildman–Crippen MR) is 528 cm³/mol. The monoisotopic (exact) mass is 1670 g/mol. The van der Waals surface area contributed by atoms with Gasteiger partial charge in [-0.1, -0.05) is 315 Å². The molecular formula is C120H70N6O3S. The van der Waals surface area contributed by atoms with Crippen LogP contribution in [0.2, 0.25) is 0 Å². The van der Waals surface area contributed by atoms with E-state index in [-0.39, 0.29) is 12.0 Å². The summed E-state index contributed by atoms with van der Waals surface area (Å²) in [7, 11) is 0. The van der Waals surface area contributed by atoms with Crippen LogP contribution in [0.3, 0.4) is 0 Å². The van der Waals surface area contributed by atoms with Gasteiger partial charge in [-0.15, -0.1) is 11.3 Å². The molecule has 8 heterocycles. The summed E-state index contributed by atoms with van der Waals surface area (Å²) >= 11 is 1.81. The van der Waals surface area contributed by atoms with Crippen molar-refractivity contribution in [2.45, 2.75) is 16.9 Å².